The van der Waals surface area contributed by atoms with Crippen molar-refractivity contribution in [3.05, 3.63) is 5.92 Å². The van der Waals surface area contributed by atoms with E-state index < -0.39 is 0 Å². The van der Waals surface area contributed by atoms with E-state index in [0.717, 1.165) is 17.8 Å². The van der Waals surface area contributed by atoms with Gasteiger partial charge in [0, 0.05) is 0 Å². The Hall–Kier alpha value is 0. The number of rotatable bonds is 48. The van der Waals surface area contributed by atoms with Crippen LogP contribution in [0.4, 0.5) is 0 Å². The number of hydrogen-bond donors (Lipinski definition) is 0. The largest absolute Gasteiger partial charge is 0.0654 e. The summed E-state index contributed by atoms with van der Waals surface area (Å²) in [5.74, 6) is 4.92. The highest BCUT2D eigenvalue weighted by Gasteiger charge is 2.35. The Balaban J connectivity index is 6.36. The lowest BCUT2D eigenvalue weighted by Gasteiger charge is -2.40. The van der Waals surface area contributed by atoms with Crippen molar-refractivity contribution in [2.24, 2.45) is 17.8 Å². The van der Waals surface area contributed by atoms with Gasteiger partial charge in [-0.25, -0.2) is 0 Å². The molecule has 0 aliphatic carbocycles. The molecule has 3 atom stereocenters. The summed E-state index contributed by atoms with van der Waals surface area (Å²) in [6, 6.07) is 0. The third kappa shape index (κ3) is 36.8. The predicted octanol–water partition coefficient (Wildman–Crippen LogP) is 21.1. The molecule has 3 unspecified atom stereocenters. The minimum absolute atomic E-state index is 0.908. The van der Waals surface area contributed by atoms with Crippen LogP contribution in [0.15, 0.2) is 0 Å². The lowest BCUT2D eigenvalue weighted by atomic mass is 9.64. The average Bonchev–Trinajstić information content (AvgIpc) is 3.19. The van der Waals surface area contributed by atoms with Crippen molar-refractivity contribution in [3.8, 4) is 0 Å². The maximum absolute atomic E-state index is 2.38. The smallest absolute Gasteiger partial charge is 0.0148 e. The van der Waals surface area contributed by atoms with E-state index in [-0.39, 0.29) is 0 Å². The van der Waals surface area contributed by atoms with E-state index in [1.165, 1.54) is 289 Å². The maximum Gasteiger partial charge on any atom is -0.0148 e. The molecule has 0 amide bonds. The second-order valence-electron chi connectivity index (χ2n) is 19.0. The Bertz CT molecular complexity index is 575. The molecule has 0 aromatic carbocycles. The van der Waals surface area contributed by atoms with Crippen LogP contribution in [0.25, 0.3) is 0 Å². The van der Waals surface area contributed by atoms with Crippen LogP contribution in [-0.4, -0.2) is 0 Å². The minimum Gasteiger partial charge on any atom is -0.0654 e. The Morgan fingerprint density at radius 1 is 0.182 bits per heavy atom. The SMILES string of the molecule is CCCCCCCCCC(CCCCCCCC)[C](C(CCCCCCCC)CCCCCCCCC)C(CCCCCCCC)CCCCCCCCC. The summed E-state index contributed by atoms with van der Waals surface area (Å²) < 4.78 is 0. The first-order chi connectivity index (χ1) is 27.2. The molecule has 0 saturated heterocycles. The van der Waals surface area contributed by atoms with Gasteiger partial charge in [-0.05, 0) is 62.2 Å². The summed E-state index contributed by atoms with van der Waals surface area (Å²) in [4.78, 5) is 0. The molecule has 0 heterocycles. The highest BCUT2D eigenvalue weighted by Crippen LogP contribution is 2.46. The molecule has 0 spiro atoms. The molecular formula is C55H111. The minimum atomic E-state index is 0.908. The molecule has 0 N–H and O–H groups in total. The van der Waals surface area contributed by atoms with Crippen molar-refractivity contribution < 1.29 is 0 Å². The van der Waals surface area contributed by atoms with Crippen molar-refractivity contribution in [1.82, 2.24) is 0 Å². The van der Waals surface area contributed by atoms with Gasteiger partial charge in [-0.2, -0.15) is 0 Å². The Morgan fingerprint density at radius 3 is 0.455 bits per heavy atom. The number of hydrogen-bond acceptors (Lipinski definition) is 0. The van der Waals surface area contributed by atoms with E-state index >= 15 is 0 Å². The quantitative estimate of drug-likeness (QED) is 0.0541. The molecule has 0 bridgehead atoms. The van der Waals surface area contributed by atoms with Gasteiger partial charge in [0.15, 0.2) is 0 Å². The van der Waals surface area contributed by atoms with E-state index in [4.69, 9.17) is 0 Å². The molecular weight excluding hydrogens is 661 g/mol. The van der Waals surface area contributed by atoms with E-state index in [0.29, 0.717) is 0 Å². The van der Waals surface area contributed by atoms with Crippen molar-refractivity contribution in [2.75, 3.05) is 0 Å². The van der Waals surface area contributed by atoms with E-state index in [1.807, 2.05) is 0 Å². The molecule has 1 radical (unpaired) electrons. The summed E-state index contributed by atoms with van der Waals surface area (Å²) >= 11 is 0. The topological polar surface area (TPSA) is 0 Å². The van der Waals surface area contributed by atoms with Gasteiger partial charge in [-0.1, -0.05) is 292 Å². The molecule has 0 aliphatic heterocycles. The van der Waals surface area contributed by atoms with Gasteiger partial charge >= 0.3 is 0 Å². The standard InChI is InChI=1S/C55H111/c1-7-13-19-25-31-37-43-49-52(46-40-34-28-22-16-10-4)55(53(47-41-35-29-23-17-11-5)50-44-38-32-26-20-14-8-2)54(48-42-36-30-24-18-12-6)51-45-39-33-27-21-15-9-3/h52-54H,7-51H2,1-6H3. The molecule has 0 aromatic heterocycles. The fraction of sp³-hybridized carbons (Fsp3) is 0.982. The molecule has 331 valence electrons. The summed E-state index contributed by atoms with van der Waals surface area (Å²) in [5, 5.41) is 0. The summed E-state index contributed by atoms with van der Waals surface area (Å²) in [5.41, 5.74) is 0. The molecule has 0 nitrogen and oxygen atoms in total. The fourth-order valence-electron chi connectivity index (χ4n) is 9.99. The second-order valence-corrected chi connectivity index (χ2v) is 19.0. The zero-order valence-corrected chi connectivity index (χ0v) is 40.1. The lowest BCUT2D eigenvalue weighted by Crippen LogP contribution is -2.30. The van der Waals surface area contributed by atoms with Gasteiger partial charge in [0.1, 0.15) is 0 Å². The van der Waals surface area contributed by atoms with Crippen LogP contribution in [0.3, 0.4) is 0 Å². The summed E-state index contributed by atoms with van der Waals surface area (Å²) in [6.45, 7) is 14.2. The molecule has 0 aliphatic rings. The predicted molar refractivity (Wildman–Crippen MR) is 256 cm³/mol. The van der Waals surface area contributed by atoms with Gasteiger partial charge in [-0.3, -0.25) is 0 Å². The third-order valence-electron chi connectivity index (χ3n) is 13.6. The normalized spacial score (nSPS) is 13.6. The highest BCUT2D eigenvalue weighted by atomic mass is 14.4. The summed E-state index contributed by atoms with van der Waals surface area (Å²) in [6.07, 6.45) is 66.0. The van der Waals surface area contributed by atoms with Crippen LogP contribution in [0, 0.1) is 23.7 Å². The van der Waals surface area contributed by atoms with E-state index in [2.05, 4.69) is 47.5 Å². The van der Waals surface area contributed by atoms with Gasteiger partial charge in [0.25, 0.3) is 0 Å². The molecule has 0 heteroatoms. The highest BCUT2D eigenvalue weighted by molar-refractivity contribution is 5.07. The fourth-order valence-corrected chi connectivity index (χ4v) is 9.99. The first-order valence-electron chi connectivity index (χ1n) is 27.1. The Labute approximate surface area is 352 Å². The average molecular weight is 772 g/mol. The van der Waals surface area contributed by atoms with Gasteiger partial charge < -0.3 is 0 Å². The summed E-state index contributed by atoms with van der Waals surface area (Å²) in [7, 11) is 0. The molecule has 0 aromatic rings. The van der Waals surface area contributed by atoms with Crippen LogP contribution < -0.4 is 0 Å². The van der Waals surface area contributed by atoms with Gasteiger partial charge in [0.05, 0.1) is 0 Å². The van der Waals surface area contributed by atoms with Crippen LogP contribution in [-0.2, 0) is 0 Å². The zero-order valence-electron chi connectivity index (χ0n) is 40.1. The lowest BCUT2D eigenvalue weighted by molar-refractivity contribution is 0.237. The Morgan fingerprint density at radius 2 is 0.309 bits per heavy atom. The maximum atomic E-state index is 2.38. The monoisotopic (exact) mass is 772 g/mol. The van der Waals surface area contributed by atoms with Crippen LogP contribution in [0.5, 0.6) is 0 Å². The van der Waals surface area contributed by atoms with Crippen LogP contribution >= 0.6 is 0 Å². The Kier molecular flexibility index (Phi) is 46.7. The van der Waals surface area contributed by atoms with Gasteiger partial charge in [-0.15, -0.1) is 0 Å². The first-order valence-corrected chi connectivity index (χ1v) is 27.1. The first kappa shape index (κ1) is 55.0. The molecule has 0 fully saturated rings. The van der Waals surface area contributed by atoms with Gasteiger partial charge in [0.2, 0.25) is 0 Å². The number of unbranched alkanes of at least 4 members (excludes halogenated alkanes) is 33. The van der Waals surface area contributed by atoms with Crippen molar-refractivity contribution >= 4 is 0 Å². The molecule has 55 heavy (non-hydrogen) atoms. The second kappa shape index (κ2) is 46.7. The van der Waals surface area contributed by atoms with Crippen molar-refractivity contribution in [2.45, 2.75) is 330 Å². The third-order valence-corrected chi connectivity index (χ3v) is 13.6. The zero-order chi connectivity index (χ0) is 40.1. The van der Waals surface area contributed by atoms with Crippen LogP contribution in [0.1, 0.15) is 330 Å². The van der Waals surface area contributed by atoms with E-state index in [1.54, 1.807) is 0 Å². The van der Waals surface area contributed by atoms with Crippen molar-refractivity contribution in [3.63, 3.8) is 0 Å². The van der Waals surface area contributed by atoms with Crippen LogP contribution in [0.2, 0.25) is 0 Å². The van der Waals surface area contributed by atoms with Crippen molar-refractivity contribution in [1.29, 1.82) is 0 Å². The molecule has 0 rings (SSSR count). The van der Waals surface area contributed by atoms with E-state index in [9.17, 15) is 0 Å². The molecule has 0 saturated carbocycles.